The van der Waals surface area contributed by atoms with Crippen LogP contribution in [-0.2, 0) is 6.54 Å². The van der Waals surface area contributed by atoms with Crippen molar-refractivity contribution in [3.8, 4) is 11.4 Å². The van der Waals surface area contributed by atoms with Crippen LogP contribution in [-0.4, -0.2) is 34.5 Å². The van der Waals surface area contributed by atoms with E-state index < -0.39 is 17.3 Å². The van der Waals surface area contributed by atoms with Gasteiger partial charge in [-0.05, 0) is 29.8 Å². The highest BCUT2D eigenvalue weighted by molar-refractivity contribution is 5.46. The van der Waals surface area contributed by atoms with Gasteiger partial charge in [0.25, 0.3) is 0 Å². The molecule has 0 radical (unpaired) electrons. The number of nitrogens with one attached hydrogen (secondary N) is 2. The van der Waals surface area contributed by atoms with E-state index >= 15 is 0 Å². The molecule has 0 aliphatic carbocycles. The van der Waals surface area contributed by atoms with E-state index in [2.05, 4.69) is 16.0 Å². The minimum Gasteiger partial charge on any atom is -0.496 e. The Morgan fingerprint density at radius 1 is 1.18 bits per heavy atom. The van der Waals surface area contributed by atoms with Crippen molar-refractivity contribution in [1.29, 1.82) is 0 Å². The van der Waals surface area contributed by atoms with Crippen molar-refractivity contribution in [3.63, 3.8) is 0 Å². The van der Waals surface area contributed by atoms with Crippen molar-refractivity contribution in [2.75, 3.05) is 20.2 Å². The molecule has 9 heteroatoms. The van der Waals surface area contributed by atoms with E-state index in [0.717, 1.165) is 36.9 Å². The van der Waals surface area contributed by atoms with Gasteiger partial charge in [-0.1, -0.05) is 6.07 Å². The molecule has 0 unspecified atom stereocenters. The van der Waals surface area contributed by atoms with E-state index in [1.807, 2.05) is 6.07 Å². The van der Waals surface area contributed by atoms with E-state index in [9.17, 15) is 13.6 Å². The zero-order chi connectivity index (χ0) is 19.7. The van der Waals surface area contributed by atoms with Crippen LogP contribution in [0.5, 0.6) is 5.75 Å². The lowest BCUT2D eigenvalue weighted by Crippen LogP contribution is -2.24. The Labute approximate surface area is 159 Å². The third-order valence-electron chi connectivity index (χ3n) is 4.81. The first kappa shape index (κ1) is 18.3. The first-order valence-electron chi connectivity index (χ1n) is 8.79. The van der Waals surface area contributed by atoms with Gasteiger partial charge in [-0.3, -0.25) is 15.4 Å². The van der Waals surface area contributed by atoms with Gasteiger partial charge in [-0.25, -0.2) is 13.6 Å². The van der Waals surface area contributed by atoms with Crippen LogP contribution in [0.2, 0.25) is 0 Å². The summed E-state index contributed by atoms with van der Waals surface area (Å²) in [5, 5.41) is 4.11. The summed E-state index contributed by atoms with van der Waals surface area (Å²) < 4.78 is 35.2. The third kappa shape index (κ3) is 3.41. The standard InChI is InChI=1S/C19H19F2N5O2/c1-28-18-7-15(3-4-16(18)13-8-22-23-9-13)26-19(27)25(11-24-26)10-12-6-14(20)2-5-17(12)21/h2-7,11,13,22-23H,8-10H2,1H3. The topological polar surface area (TPSA) is 73.1 Å². The number of ether oxygens (including phenoxy) is 1. The normalized spacial score (nSPS) is 14.5. The number of rotatable bonds is 5. The average Bonchev–Trinajstić information content (AvgIpc) is 3.35. The Morgan fingerprint density at radius 2 is 1.96 bits per heavy atom. The molecule has 2 N–H and O–H groups in total. The van der Waals surface area contributed by atoms with Gasteiger partial charge in [0.15, 0.2) is 0 Å². The minimum absolute atomic E-state index is 0.0795. The van der Waals surface area contributed by atoms with E-state index in [1.54, 1.807) is 19.2 Å². The smallest absolute Gasteiger partial charge is 0.350 e. The molecule has 28 heavy (non-hydrogen) atoms. The minimum atomic E-state index is -0.578. The van der Waals surface area contributed by atoms with Gasteiger partial charge in [0.1, 0.15) is 23.7 Å². The number of hydrazine groups is 1. The molecule has 7 nitrogen and oxygen atoms in total. The molecule has 1 fully saturated rings. The molecule has 1 saturated heterocycles. The summed E-state index contributed by atoms with van der Waals surface area (Å²) in [6.45, 7) is 1.45. The molecule has 0 amide bonds. The Kier molecular flexibility index (Phi) is 4.93. The lowest BCUT2D eigenvalue weighted by atomic mass is 9.99. The SMILES string of the molecule is COc1cc(-n2ncn(Cc3cc(F)ccc3F)c2=O)ccc1C1CNNC1. The summed E-state index contributed by atoms with van der Waals surface area (Å²) in [6, 6.07) is 8.59. The molecule has 0 saturated carbocycles. The van der Waals surface area contributed by atoms with Crippen LogP contribution in [0.3, 0.4) is 0 Å². The van der Waals surface area contributed by atoms with Crippen LogP contribution in [0, 0.1) is 11.6 Å². The highest BCUT2D eigenvalue weighted by Crippen LogP contribution is 2.29. The van der Waals surface area contributed by atoms with Crippen LogP contribution in [0.4, 0.5) is 8.78 Å². The van der Waals surface area contributed by atoms with Crippen molar-refractivity contribution < 1.29 is 13.5 Å². The molecule has 0 spiro atoms. The summed E-state index contributed by atoms with van der Waals surface area (Å²) in [4.78, 5) is 12.7. The van der Waals surface area contributed by atoms with E-state index in [0.29, 0.717) is 11.4 Å². The summed E-state index contributed by atoms with van der Waals surface area (Å²) in [5.74, 6) is -0.223. The fourth-order valence-electron chi connectivity index (χ4n) is 3.32. The highest BCUT2D eigenvalue weighted by Gasteiger charge is 2.21. The maximum atomic E-state index is 13.9. The summed E-state index contributed by atoms with van der Waals surface area (Å²) in [7, 11) is 1.58. The second kappa shape index (κ2) is 7.53. The number of methoxy groups -OCH3 is 1. The molecule has 2 aromatic carbocycles. The largest absolute Gasteiger partial charge is 0.496 e. The molecule has 4 rings (SSSR count). The van der Waals surface area contributed by atoms with Gasteiger partial charge in [-0.2, -0.15) is 9.78 Å². The van der Waals surface area contributed by atoms with Crippen LogP contribution < -0.4 is 21.3 Å². The third-order valence-corrected chi connectivity index (χ3v) is 4.81. The van der Waals surface area contributed by atoms with Crippen LogP contribution in [0.15, 0.2) is 47.5 Å². The molecule has 0 bridgehead atoms. The summed E-state index contributed by atoms with van der Waals surface area (Å²) in [6.07, 6.45) is 1.30. The van der Waals surface area contributed by atoms with Crippen LogP contribution >= 0.6 is 0 Å². The van der Waals surface area contributed by atoms with E-state index in [1.165, 1.54) is 15.6 Å². The monoisotopic (exact) mass is 387 g/mol. The van der Waals surface area contributed by atoms with Crippen molar-refractivity contribution in [3.05, 3.63) is 76.0 Å². The lowest BCUT2D eigenvalue weighted by Gasteiger charge is -2.14. The summed E-state index contributed by atoms with van der Waals surface area (Å²) >= 11 is 0. The number of hydrogen-bond donors (Lipinski definition) is 2. The van der Waals surface area contributed by atoms with Gasteiger partial charge < -0.3 is 4.74 Å². The zero-order valence-electron chi connectivity index (χ0n) is 15.2. The molecule has 146 valence electrons. The zero-order valence-corrected chi connectivity index (χ0v) is 15.2. The van der Waals surface area contributed by atoms with Crippen molar-refractivity contribution in [2.45, 2.75) is 12.5 Å². The Hall–Kier alpha value is -3.04. The number of nitrogens with zero attached hydrogens (tertiary/aromatic N) is 3. The maximum absolute atomic E-state index is 13.9. The molecule has 1 aliphatic rings. The Balaban J connectivity index is 1.65. The molecule has 3 aromatic rings. The Morgan fingerprint density at radius 3 is 2.71 bits per heavy atom. The highest BCUT2D eigenvalue weighted by atomic mass is 19.1. The molecule has 1 aliphatic heterocycles. The van der Waals surface area contributed by atoms with E-state index in [4.69, 9.17) is 4.74 Å². The van der Waals surface area contributed by atoms with Crippen LogP contribution in [0.25, 0.3) is 5.69 Å². The fraction of sp³-hybridized carbons (Fsp3) is 0.263. The second-order valence-corrected chi connectivity index (χ2v) is 6.57. The number of hydrogen-bond acceptors (Lipinski definition) is 5. The van der Waals surface area contributed by atoms with Gasteiger partial charge in [-0.15, -0.1) is 0 Å². The summed E-state index contributed by atoms with van der Waals surface area (Å²) in [5.41, 5.74) is 7.34. The number of halogens is 2. The first-order valence-corrected chi connectivity index (χ1v) is 8.79. The Bertz CT molecular complexity index is 1060. The molecular weight excluding hydrogens is 368 g/mol. The van der Waals surface area contributed by atoms with E-state index in [-0.39, 0.29) is 18.0 Å². The van der Waals surface area contributed by atoms with Gasteiger partial charge >= 0.3 is 5.69 Å². The lowest BCUT2D eigenvalue weighted by molar-refractivity contribution is 0.406. The van der Waals surface area contributed by atoms with Crippen molar-refractivity contribution in [1.82, 2.24) is 25.2 Å². The van der Waals surface area contributed by atoms with Gasteiger partial charge in [0, 0.05) is 30.6 Å². The van der Waals surface area contributed by atoms with Crippen molar-refractivity contribution >= 4 is 0 Å². The molecule has 0 atom stereocenters. The fourth-order valence-corrected chi connectivity index (χ4v) is 3.32. The molecule has 1 aromatic heterocycles. The number of aromatic nitrogens is 3. The van der Waals surface area contributed by atoms with Crippen molar-refractivity contribution in [2.24, 2.45) is 0 Å². The van der Waals surface area contributed by atoms with Gasteiger partial charge in [0.2, 0.25) is 0 Å². The average molecular weight is 387 g/mol. The van der Waals surface area contributed by atoms with Crippen LogP contribution in [0.1, 0.15) is 17.0 Å². The first-order chi connectivity index (χ1) is 13.6. The molecule has 2 heterocycles. The second-order valence-electron chi connectivity index (χ2n) is 6.57. The predicted molar refractivity (Wildman–Crippen MR) is 98.6 cm³/mol. The molecular formula is C19H19F2N5O2. The van der Waals surface area contributed by atoms with Gasteiger partial charge in [0.05, 0.1) is 19.3 Å². The number of benzene rings is 2. The maximum Gasteiger partial charge on any atom is 0.350 e. The predicted octanol–water partition coefficient (Wildman–Crippen LogP) is 1.56. The quantitative estimate of drug-likeness (QED) is 0.695.